The van der Waals surface area contributed by atoms with Gasteiger partial charge in [0.05, 0.1) is 6.61 Å². The number of hydrogen-bond donors (Lipinski definition) is 1. The molecule has 0 aromatic carbocycles. The van der Waals surface area contributed by atoms with Gasteiger partial charge in [-0.1, -0.05) is 6.08 Å². The van der Waals surface area contributed by atoms with Gasteiger partial charge in [-0.2, -0.15) is 11.8 Å². The molecule has 0 aromatic rings. The van der Waals surface area contributed by atoms with Crippen molar-refractivity contribution >= 4 is 17.7 Å². The van der Waals surface area contributed by atoms with E-state index in [1.165, 1.54) is 30.7 Å². The van der Waals surface area contributed by atoms with Crippen LogP contribution in [-0.4, -0.2) is 61.7 Å². The number of rotatable bonds is 7. The van der Waals surface area contributed by atoms with Gasteiger partial charge in [0.2, 0.25) is 0 Å². The molecule has 0 unspecified atom stereocenters. The molecule has 5 heteroatoms. The van der Waals surface area contributed by atoms with Crippen LogP contribution in [0.25, 0.3) is 0 Å². The molecule has 98 valence electrons. The summed E-state index contributed by atoms with van der Waals surface area (Å²) in [6.07, 6.45) is 3.29. The zero-order chi connectivity index (χ0) is 12.3. The van der Waals surface area contributed by atoms with E-state index in [4.69, 9.17) is 4.74 Å². The molecule has 0 saturated carbocycles. The fraction of sp³-hybridized carbons (Fsp3) is 0.750. The zero-order valence-electron chi connectivity index (χ0n) is 10.5. The molecule has 0 aliphatic carbocycles. The van der Waals surface area contributed by atoms with Gasteiger partial charge in [0.1, 0.15) is 0 Å². The first-order chi connectivity index (χ1) is 8.33. The molecular weight excluding hydrogens is 236 g/mol. The molecule has 1 aliphatic rings. The van der Waals surface area contributed by atoms with Gasteiger partial charge < -0.3 is 15.0 Å². The first kappa shape index (κ1) is 14.5. The average molecular weight is 258 g/mol. The predicted octanol–water partition coefficient (Wildman–Crippen LogP) is 0.744. The third kappa shape index (κ3) is 7.41. The van der Waals surface area contributed by atoms with E-state index in [1.807, 2.05) is 17.8 Å². The minimum Gasteiger partial charge on any atom is -0.463 e. The first-order valence-electron chi connectivity index (χ1n) is 6.17. The van der Waals surface area contributed by atoms with Gasteiger partial charge >= 0.3 is 5.97 Å². The summed E-state index contributed by atoms with van der Waals surface area (Å²) in [5, 5.41) is 3.29. The van der Waals surface area contributed by atoms with Gasteiger partial charge in [-0.05, 0) is 6.92 Å². The molecule has 0 amide bonds. The summed E-state index contributed by atoms with van der Waals surface area (Å²) in [6.45, 7) is 7.42. The van der Waals surface area contributed by atoms with Crippen LogP contribution in [-0.2, 0) is 9.53 Å². The van der Waals surface area contributed by atoms with Crippen molar-refractivity contribution in [3.05, 3.63) is 12.2 Å². The third-order valence-electron chi connectivity index (χ3n) is 2.51. The number of esters is 1. The van der Waals surface area contributed by atoms with Crippen LogP contribution in [0.2, 0.25) is 0 Å². The largest absolute Gasteiger partial charge is 0.463 e. The van der Waals surface area contributed by atoms with Crippen molar-refractivity contribution in [2.24, 2.45) is 0 Å². The molecule has 1 aliphatic heterocycles. The molecule has 0 spiro atoms. The van der Waals surface area contributed by atoms with E-state index < -0.39 is 0 Å². The molecule has 4 nitrogen and oxygen atoms in total. The van der Waals surface area contributed by atoms with Crippen LogP contribution in [0.15, 0.2) is 12.2 Å². The summed E-state index contributed by atoms with van der Waals surface area (Å²) in [5.41, 5.74) is 0. The SMILES string of the molecule is CCOC(=O)/C=C/CNCCN1CCSCC1. The number of carbonyl (C=O) groups excluding carboxylic acids is 1. The fourth-order valence-electron chi connectivity index (χ4n) is 1.59. The highest BCUT2D eigenvalue weighted by atomic mass is 32.2. The summed E-state index contributed by atoms with van der Waals surface area (Å²) in [6, 6.07) is 0. The van der Waals surface area contributed by atoms with Crippen LogP contribution < -0.4 is 5.32 Å². The van der Waals surface area contributed by atoms with E-state index in [2.05, 4.69) is 10.2 Å². The minimum atomic E-state index is -0.262. The summed E-state index contributed by atoms with van der Waals surface area (Å²) < 4.78 is 4.78. The number of hydrogen-bond acceptors (Lipinski definition) is 5. The molecule has 1 N–H and O–H groups in total. The smallest absolute Gasteiger partial charge is 0.330 e. The second-order valence-electron chi connectivity index (χ2n) is 3.81. The van der Waals surface area contributed by atoms with Crippen molar-refractivity contribution in [3.8, 4) is 0 Å². The predicted molar refractivity (Wildman–Crippen MR) is 72.4 cm³/mol. The number of nitrogens with one attached hydrogen (secondary N) is 1. The third-order valence-corrected chi connectivity index (χ3v) is 3.45. The van der Waals surface area contributed by atoms with Gasteiger partial charge in [-0.3, -0.25) is 0 Å². The lowest BCUT2D eigenvalue weighted by Gasteiger charge is -2.25. The van der Waals surface area contributed by atoms with Crippen LogP contribution in [0.3, 0.4) is 0 Å². The van der Waals surface area contributed by atoms with Crippen LogP contribution >= 0.6 is 11.8 Å². The van der Waals surface area contributed by atoms with Crippen molar-refractivity contribution in [2.75, 3.05) is 50.8 Å². The maximum absolute atomic E-state index is 11.0. The Morgan fingerprint density at radius 3 is 2.94 bits per heavy atom. The normalized spacial score (nSPS) is 17.5. The molecule has 1 rings (SSSR count). The Hall–Kier alpha value is -0.520. The molecule has 0 bridgehead atoms. The molecule has 1 fully saturated rings. The monoisotopic (exact) mass is 258 g/mol. The lowest BCUT2D eigenvalue weighted by molar-refractivity contribution is -0.137. The van der Waals surface area contributed by atoms with Crippen molar-refractivity contribution in [3.63, 3.8) is 0 Å². The lowest BCUT2D eigenvalue weighted by atomic mass is 10.4. The van der Waals surface area contributed by atoms with Crippen LogP contribution in [0.5, 0.6) is 0 Å². The fourth-order valence-corrected chi connectivity index (χ4v) is 2.57. The number of nitrogens with zero attached hydrogens (tertiary/aromatic N) is 1. The van der Waals surface area contributed by atoms with E-state index in [0.29, 0.717) is 6.61 Å². The van der Waals surface area contributed by atoms with Gasteiger partial charge in [0.25, 0.3) is 0 Å². The topological polar surface area (TPSA) is 41.6 Å². The van der Waals surface area contributed by atoms with E-state index >= 15 is 0 Å². The van der Waals surface area contributed by atoms with Crippen LogP contribution in [0.4, 0.5) is 0 Å². The van der Waals surface area contributed by atoms with E-state index in [-0.39, 0.29) is 5.97 Å². The molecule has 0 atom stereocenters. The lowest BCUT2D eigenvalue weighted by Crippen LogP contribution is -2.37. The second kappa shape index (κ2) is 9.50. The molecule has 0 radical (unpaired) electrons. The maximum Gasteiger partial charge on any atom is 0.330 e. The Kier molecular flexibility index (Phi) is 8.13. The zero-order valence-corrected chi connectivity index (χ0v) is 11.3. The summed E-state index contributed by atoms with van der Waals surface area (Å²) >= 11 is 2.03. The summed E-state index contributed by atoms with van der Waals surface area (Å²) in [5.74, 6) is 2.24. The van der Waals surface area contributed by atoms with Gasteiger partial charge in [0.15, 0.2) is 0 Å². The van der Waals surface area contributed by atoms with Crippen LogP contribution in [0, 0.1) is 0 Å². The quantitative estimate of drug-likeness (QED) is 0.414. The van der Waals surface area contributed by atoms with E-state index in [0.717, 1.165) is 19.6 Å². The Morgan fingerprint density at radius 2 is 2.24 bits per heavy atom. The number of ether oxygens (including phenoxy) is 1. The molecular formula is C12H22N2O2S. The van der Waals surface area contributed by atoms with E-state index in [1.54, 1.807) is 6.92 Å². The Labute approximate surface area is 108 Å². The number of carbonyl (C=O) groups is 1. The summed E-state index contributed by atoms with van der Waals surface area (Å²) in [4.78, 5) is 13.4. The van der Waals surface area contributed by atoms with Crippen molar-refractivity contribution in [1.82, 2.24) is 10.2 Å². The van der Waals surface area contributed by atoms with E-state index in [9.17, 15) is 4.79 Å². The second-order valence-corrected chi connectivity index (χ2v) is 5.04. The maximum atomic E-state index is 11.0. The Morgan fingerprint density at radius 1 is 1.47 bits per heavy atom. The summed E-state index contributed by atoms with van der Waals surface area (Å²) in [7, 11) is 0. The van der Waals surface area contributed by atoms with Crippen molar-refractivity contribution < 1.29 is 9.53 Å². The van der Waals surface area contributed by atoms with Crippen molar-refractivity contribution in [2.45, 2.75) is 6.92 Å². The van der Waals surface area contributed by atoms with Gasteiger partial charge in [-0.15, -0.1) is 0 Å². The highest BCUT2D eigenvalue weighted by Gasteiger charge is 2.08. The van der Waals surface area contributed by atoms with Crippen LogP contribution in [0.1, 0.15) is 6.92 Å². The highest BCUT2D eigenvalue weighted by molar-refractivity contribution is 7.99. The standard InChI is InChI=1S/C12H22N2O2S/c1-2-16-12(15)4-3-5-13-6-7-14-8-10-17-11-9-14/h3-4,13H,2,5-11H2,1H3/b4-3+. The molecule has 0 aromatic heterocycles. The molecule has 17 heavy (non-hydrogen) atoms. The number of thioether (sulfide) groups is 1. The van der Waals surface area contributed by atoms with Gasteiger partial charge in [0, 0.05) is 50.3 Å². The van der Waals surface area contributed by atoms with Gasteiger partial charge in [-0.25, -0.2) is 4.79 Å². The first-order valence-corrected chi connectivity index (χ1v) is 7.32. The average Bonchev–Trinajstić information content (AvgIpc) is 2.35. The molecule has 1 heterocycles. The van der Waals surface area contributed by atoms with Crippen molar-refractivity contribution in [1.29, 1.82) is 0 Å². The Bertz CT molecular complexity index is 241. The molecule has 1 saturated heterocycles. The minimum absolute atomic E-state index is 0.262. The highest BCUT2D eigenvalue weighted by Crippen LogP contribution is 2.07. The Balaban J connectivity index is 1.94.